The largest absolute Gasteiger partial charge is 0.497 e. The van der Waals surface area contributed by atoms with Crippen molar-refractivity contribution in [2.45, 2.75) is 0 Å². The number of fused-ring (bicyclic) bond motifs is 4. The molecule has 0 saturated carbocycles. The maximum atomic E-state index is 5.32. The third-order valence-electron chi connectivity index (χ3n) is 4.27. The lowest BCUT2D eigenvalue weighted by molar-refractivity contribution is 0.415. The van der Waals surface area contributed by atoms with Crippen LogP contribution in [-0.4, -0.2) is 31.4 Å². The molecule has 0 atom stereocenters. The predicted octanol–water partition coefficient (Wildman–Crippen LogP) is 3.58. The van der Waals surface area contributed by atoms with Gasteiger partial charge in [0.1, 0.15) is 11.3 Å². The lowest BCUT2D eigenvalue weighted by Crippen LogP contribution is -1.96. The maximum Gasteiger partial charge on any atom is 0.167 e. The van der Waals surface area contributed by atoms with Crippen molar-refractivity contribution in [3.63, 3.8) is 0 Å². The van der Waals surface area contributed by atoms with Crippen molar-refractivity contribution in [2.75, 3.05) is 12.4 Å². The van der Waals surface area contributed by atoms with Gasteiger partial charge in [0.25, 0.3) is 0 Å². The van der Waals surface area contributed by atoms with Gasteiger partial charge in [-0.15, -0.1) is 0 Å². The number of imidazole rings is 1. The second-order valence-corrected chi connectivity index (χ2v) is 5.83. The molecular formula is C19H14N6O. The molecule has 5 rings (SSSR count). The highest BCUT2D eigenvalue weighted by atomic mass is 16.5. The van der Waals surface area contributed by atoms with Crippen molar-refractivity contribution < 1.29 is 4.74 Å². The summed E-state index contributed by atoms with van der Waals surface area (Å²) < 4.78 is 7.25. The summed E-state index contributed by atoms with van der Waals surface area (Å²) >= 11 is 0. The minimum atomic E-state index is 0.743. The first kappa shape index (κ1) is 14.6. The summed E-state index contributed by atoms with van der Waals surface area (Å²) in [5, 5.41) is 4.37. The molecule has 0 fully saturated rings. The number of hydrogen-bond donors (Lipinski definition) is 1. The smallest absolute Gasteiger partial charge is 0.167 e. The number of anilines is 2. The second-order valence-electron chi connectivity index (χ2n) is 5.83. The minimum absolute atomic E-state index is 0.743. The first-order chi connectivity index (χ1) is 12.8. The molecule has 0 aliphatic carbocycles. The molecule has 0 spiro atoms. The summed E-state index contributed by atoms with van der Waals surface area (Å²) in [7, 11) is 1.65. The van der Waals surface area contributed by atoms with Gasteiger partial charge < -0.3 is 10.1 Å². The van der Waals surface area contributed by atoms with E-state index in [2.05, 4.69) is 15.3 Å². The summed E-state index contributed by atoms with van der Waals surface area (Å²) in [6.07, 6.45) is 8.84. The molecule has 0 radical (unpaired) electrons. The maximum absolute atomic E-state index is 5.32. The summed E-state index contributed by atoms with van der Waals surface area (Å²) in [6.45, 7) is 0. The number of nitrogens with one attached hydrogen (secondary N) is 1. The van der Waals surface area contributed by atoms with Crippen LogP contribution in [0.3, 0.4) is 0 Å². The van der Waals surface area contributed by atoms with E-state index in [1.54, 1.807) is 31.9 Å². The molecule has 0 aliphatic rings. The van der Waals surface area contributed by atoms with Crippen LogP contribution in [0, 0.1) is 0 Å². The van der Waals surface area contributed by atoms with Gasteiger partial charge in [-0.25, -0.2) is 9.97 Å². The molecule has 26 heavy (non-hydrogen) atoms. The fraction of sp³-hybridized carbons (Fsp3) is 0.0526. The Kier molecular flexibility index (Phi) is 3.18. The molecule has 126 valence electrons. The SMILES string of the molecule is COc1cccc(Nc2c3cnccc3nc3c2nc2cnccn23)c1. The summed E-state index contributed by atoms with van der Waals surface area (Å²) in [5.41, 5.74) is 4.88. The first-order valence-corrected chi connectivity index (χ1v) is 8.10. The Morgan fingerprint density at radius 2 is 1.96 bits per heavy atom. The molecule has 4 aromatic heterocycles. The lowest BCUT2D eigenvalue weighted by atomic mass is 10.2. The second kappa shape index (κ2) is 5.66. The van der Waals surface area contributed by atoms with Gasteiger partial charge >= 0.3 is 0 Å². The average molecular weight is 342 g/mol. The van der Waals surface area contributed by atoms with Gasteiger partial charge in [0.15, 0.2) is 11.3 Å². The molecule has 1 N–H and O–H groups in total. The van der Waals surface area contributed by atoms with Crippen LogP contribution < -0.4 is 10.1 Å². The van der Waals surface area contributed by atoms with Crippen molar-refractivity contribution in [1.29, 1.82) is 0 Å². The van der Waals surface area contributed by atoms with Crippen molar-refractivity contribution >= 4 is 39.1 Å². The number of rotatable bonds is 3. The third kappa shape index (κ3) is 2.21. The lowest BCUT2D eigenvalue weighted by Gasteiger charge is -2.11. The van der Waals surface area contributed by atoms with Gasteiger partial charge in [-0.1, -0.05) is 6.07 Å². The molecule has 0 unspecified atom stereocenters. The zero-order valence-electron chi connectivity index (χ0n) is 13.9. The van der Waals surface area contributed by atoms with Gasteiger partial charge in [0.2, 0.25) is 0 Å². The molecule has 5 aromatic rings. The highest BCUT2D eigenvalue weighted by molar-refractivity contribution is 6.06. The van der Waals surface area contributed by atoms with Crippen LogP contribution in [0.4, 0.5) is 11.4 Å². The van der Waals surface area contributed by atoms with Crippen molar-refractivity contribution in [3.05, 3.63) is 61.3 Å². The third-order valence-corrected chi connectivity index (χ3v) is 4.27. The molecule has 4 heterocycles. The van der Waals surface area contributed by atoms with Crippen LogP contribution in [0.5, 0.6) is 5.75 Å². The summed E-state index contributed by atoms with van der Waals surface area (Å²) in [4.78, 5) is 17.9. The number of benzene rings is 1. The Labute approximate surface area is 148 Å². The number of nitrogens with zero attached hydrogens (tertiary/aromatic N) is 5. The van der Waals surface area contributed by atoms with Crippen LogP contribution in [0.15, 0.2) is 61.3 Å². The molecule has 0 saturated heterocycles. The molecule has 7 nitrogen and oxygen atoms in total. The molecule has 1 aromatic carbocycles. The summed E-state index contributed by atoms with van der Waals surface area (Å²) in [5.74, 6) is 0.780. The number of ether oxygens (including phenoxy) is 1. The standard InChI is InChI=1S/C19H14N6O/c1-26-13-4-2-3-12(9-13)22-17-14-10-20-6-5-15(14)23-19-18(17)24-16-11-21-7-8-25(16)19/h2-11H,1H3,(H,22,23). The highest BCUT2D eigenvalue weighted by Gasteiger charge is 2.15. The van der Waals surface area contributed by atoms with Crippen LogP contribution in [0.25, 0.3) is 27.7 Å². The van der Waals surface area contributed by atoms with Crippen molar-refractivity contribution in [2.24, 2.45) is 0 Å². The van der Waals surface area contributed by atoms with Crippen LogP contribution in [0.2, 0.25) is 0 Å². The number of pyridine rings is 2. The van der Waals surface area contributed by atoms with E-state index in [4.69, 9.17) is 14.7 Å². The first-order valence-electron chi connectivity index (χ1n) is 8.10. The zero-order chi connectivity index (χ0) is 17.5. The van der Waals surface area contributed by atoms with E-state index < -0.39 is 0 Å². The Balaban J connectivity index is 1.82. The van der Waals surface area contributed by atoms with E-state index in [9.17, 15) is 0 Å². The predicted molar refractivity (Wildman–Crippen MR) is 99.9 cm³/mol. The Bertz CT molecular complexity index is 1260. The van der Waals surface area contributed by atoms with Crippen LogP contribution >= 0.6 is 0 Å². The Hall–Kier alpha value is -3.74. The van der Waals surface area contributed by atoms with Gasteiger partial charge in [-0.05, 0) is 18.2 Å². The van der Waals surface area contributed by atoms with Crippen LogP contribution in [-0.2, 0) is 0 Å². The fourth-order valence-electron chi connectivity index (χ4n) is 3.06. The van der Waals surface area contributed by atoms with Gasteiger partial charge in [0.05, 0.1) is 24.5 Å². The molecule has 0 aliphatic heterocycles. The number of aromatic nitrogens is 5. The van der Waals surface area contributed by atoms with E-state index in [0.717, 1.165) is 44.8 Å². The van der Waals surface area contributed by atoms with Crippen LogP contribution in [0.1, 0.15) is 0 Å². The van der Waals surface area contributed by atoms with Gasteiger partial charge in [0, 0.05) is 41.9 Å². The zero-order valence-corrected chi connectivity index (χ0v) is 13.9. The van der Waals surface area contributed by atoms with Gasteiger partial charge in [-0.2, -0.15) is 0 Å². The quantitative estimate of drug-likeness (QED) is 0.540. The minimum Gasteiger partial charge on any atom is -0.497 e. The number of hydrogen-bond acceptors (Lipinski definition) is 6. The molecule has 0 amide bonds. The van der Waals surface area contributed by atoms with E-state index in [0.29, 0.717) is 0 Å². The Morgan fingerprint density at radius 1 is 1.04 bits per heavy atom. The van der Waals surface area contributed by atoms with E-state index >= 15 is 0 Å². The Morgan fingerprint density at radius 3 is 2.88 bits per heavy atom. The normalized spacial score (nSPS) is 11.3. The summed E-state index contributed by atoms with van der Waals surface area (Å²) in [6, 6.07) is 9.66. The topological polar surface area (TPSA) is 77.2 Å². The molecule has 7 heteroatoms. The average Bonchev–Trinajstić information content (AvgIpc) is 3.06. The van der Waals surface area contributed by atoms with E-state index in [1.807, 2.05) is 40.9 Å². The highest BCUT2D eigenvalue weighted by Crippen LogP contribution is 2.33. The van der Waals surface area contributed by atoms with E-state index in [-0.39, 0.29) is 0 Å². The fourth-order valence-corrected chi connectivity index (χ4v) is 3.06. The number of methoxy groups -OCH3 is 1. The molecular weight excluding hydrogens is 328 g/mol. The van der Waals surface area contributed by atoms with Gasteiger partial charge in [-0.3, -0.25) is 14.4 Å². The van der Waals surface area contributed by atoms with E-state index in [1.165, 1.54) is 0 Å². The monoisotopic (exact) mass is 342 g/mol. The molecule has 0 bridgehead atoms. The van der Waals surface area contributed by atoms with Crippen molar-refractivity contribution in [3.8, 4) is 5.75 Å². The van der Waals surface area contributed by atoms with Crippen molar-refractivity contribution in [1.82, 2.24) is 24.3 Å².